The molecule has 0 aliphatic rings. The van der Waals surface area contributed by atoms with Crippen molar-refractivity contribution in [3.8, 4) is 0 Å². The van der Waals surface area contributed by atoms with Crippen LogP contribution in [0.2, 0.25) is 0 Å². The summed E-state index contributed by atoms with van der Waals surface area (Å²) in [5.41, 5.74) is -0.504. The van der Waals surface area contributed by atoms with E-state index < -0.39 is 17.3 Å². The van der Waals surface area contributed by atoms with E-state index in [1.165, 1.54) is 12.1 Å². The fraction of sp³-hybridized carbons (Fsp3) is 0.333. The lowest BCUT2D eigenvalue weighted by atomic mass is 10.1. The number of anilines is 1. The van der Waals surface area contributed by atoms with E-state index in [9.17, 15) is 14.0 Å². The molecular formula is C12H14FNO3. The zero-order valence-corrected chi connectivity index (χ0v) is 9.50. The number of benzene rings is 1. The summed E-state index contributed by atoms with van der Waals surface area (Å²) < 4.78 is 13.3. The zero-order valence-electron chi connectivity index (χ0n) is 9.50. The van der Waals surface area contributed by atoms with Crippen molar-refractivity contribution in [1.29, 1.82) is 0 Å². The topological polar surface area (TPSA) is 66.4 Å². The van der Waals surface area contributed by atoms with Gasteiger partial charge in [-0.25, -0.2) is 9.18 Å². The first-order valence-corrected chi connectivity index (χ1v) is 5.38. The molecule has 1 rings (SSSR count). The van der Waals surface area contributed by atoms with E-state index >= 15 is 0 Å². The Bertz CT molecular complexity index is 432. The highest BCUT2D eigenvalue weighted by Gasteiger charge is 2.16. The standard InChI is InChI=1S/C12H14FNO3/c1-2-3-7-10(15)14-9-6-4-5-8(13)11(9)12(16)17/h4-6H,2-3,7H2,1H3,(H,14,15)(H,16,17). The molecule has 0 unspecified atom stereocenters. The molecular weight excluding hydrogens is 225 g/mol. The van der Waals surface area contributed by atoms with Crippen molar-refractivity contribution in [2.24, 2.45) is 0 Å². The third kappa shape index (κ3) is 3.55. The second-order valence-corrected chi connectivity index (χ2v) is 3.62. The molecule has 0 saturated heterocycles. The van der Waals surface area contributed by atoms with Crippen LogP contribution >= 0.6 is 0 Å². The number of carbonyl (C=O) groups is 2. The number of halogens is 1. The van der Waals surface area contributed by atoms with E-state index in [0.29, 0.717) is 12.8 Å². The van der Waals surface area contributed by atoms with Crippen LogP contribution in [0.1, 0.15) is 36.5 Å². The molecule has 0 heterocycles. The first kappa shape index (κ1) is 13.2. The number of rotatable bonds is 5. The summed E-state index contributed by atoms with van der Waals surface area (Å²) in [7, 11) is 0. The Morgan fingerprint density at radius 1 is 1.41 bits per heavy atom. The Kier molecular flexibility index (Phi) is 4.63. The van der Waals surface area contributed by atoms with Crippen LogP contribution in [0.5, 0.6) is 0 Å². The van der Waals surface area contributed by atoms with Crippen LogP contribution in [-0.2, 0) is 4.79 Å². The van der Waals surface area contributed by atoms with E-state index in [2.05, 4.69) is 5.32 Å². The first-order chi connectivity index (χ1) is 8.06. The highest BCUT2D eigenvalue weighted by Crippen LogP contribution is 2.19. The van der Waals surface area contributed by atoms with Crippen molar-refractivity contribution in [2.45, 2.75) is 26.2 Å². The van der Waals surface area contributed by atoms with E-state index in [-0.39, 0.29) is 11.6 Å². The van der Waals surface area contributed by atoms with Gasteiger partial charge >= 0.3 is 5.97 Å². The number of unbranched alkanes of at least 4 members (excludes halogenated alkanes) is 1. The van der Waals surface area contributed by atoms with Crippen LogP contribution in [0.15, 0.2) is 18.2 Å². The summed E-state index contributed by atoms with van der Waals surface area (Å²) in [6.07, 6.45) is 1.87. The zero-order chi connectivity index (χ0) is 12.8. The Morgan fingerprint density at radius 3 is 2.71 bits per heavy atom. The maximum Gasteiger partial charge on any atom is 0.340 e. The van der Waals surface area contributed by atoms with E-state index in [4.69, 9.17) is 5.11 Å². The molecule has 0 fully saturated rings. The number of nitrogens with one attached hydrogen (secondary N) is 1. The molecule has 0 atom stereocenters. The van der Waals surface area contributed by atoms with Gasteiger partial charge in [0.1, 0.15) is 11.4 Å². The molecule has 1 aromatic rings. The van der Waals surface area contributed by atoms with Crippen LogP contribution in [0.3, 0.4) is 0 Å². The normalized spacial score (nSPS) is 10.0. The summed E-state index contributed by atoms with van der Waals surface area (Å²) in [6, 6.07) is 3.78. The lowest BCUT2D eigenvalue weighted by Crippen LogP contribution is -2.15. The van der Waals surface area contributed by atoms with Crippen LogP contribution in [0.4, 0.5) is 10.1 Å². The largest absolute Gasteiger partial charge is 0.478 e. The van der Waals surface area contributed by atoms with Gasteiger partial charge in [-0.05, 0) is 18.6 Å². The van der Waals surface area contributed by atoms with Crippen LogP contribution in [-0.4, -0.2) is 17.0 Å². The van der Waals surface area contributed by atoms with Gasteiger partial charge in [0, 0.05) is 6.42 Å². The summed E-state index contributed by atoms with van der Waals surface area (Å²) in [6.45, 7) is 1.94. The van der Waals surface area contributed by atoms with Crippen molar-refractivity contribution < 1.29 is 19.1 Å². The van der Waals surface area contributed by atoms with E-state index in [1.54, 1.807) is 0 Å². The molecule has 0 aromatic heterocycles. The Morgan fingerprint density at radius 2 is 2.12 bits per heavy atom. The third-order valence-electron chi connectivity index (χ3n) is 2.26. The molecule has 17 heavy (non-hydrogen) atoms. The van der Waals surface area contributed by atoms with Gasteiger partial charge in [-0.2, -0.15) is 0 Å². The van der Waals surface area contributed by atoms with E-state index in [0.717, 1.165) is 12.5 Å². The molecule has 0 spiro atoms. The number of aromatic carboxylic acids is 1. The molecule has 0 aliphatic heterocycles. The minimum absolute atomic E-state index is 0.00129. The summed E-state index contributed by atoms with van der Waals surface area (Å²) >= 11 is 0. The second-order valence-electron chi connectivity index (χ2n) is 3.62. The highest BCUT2D eigenvalue weighted by atomic mass is 19.1. The molecule has 1 amide bonds. The van der Waals surface area contributed by atoms with Gasteiger partial charge in [-0.1, -0.05) is 19.4 Å². The summed E-state index contributed by atoms with van der Waals surface area (Å²) in [5.74, 6) is -2.56. The average Bonchev–Trinajstić information content (AvgIpc) is 2.25. The molecule has 92 valence electrons. The van der Waals surface area contributed by atoms with Gasteiger partial charge in [0.25, 0.3) is 0 Å². The van der Waals surface area contributed by atoms with E-state index in [1.807, 2.05) is 6.92 Å². The number of amides is 1. The van der Waals surface area contributed by atoms with Crippen molar-refractivity contribution in [3.63, 3.8) is 0 Å². The fourth-order valence-corrected chi connectivity index (χ4v) is 1.40. The van der Waals surface area contributed by atoms with Gasteiger partial charge in [0.05, 0.1) is 5.69 Å². The lowest BCUT2D eigenvalue weighted by molar-refractivity contribution is -0.116. The molecule has 4 nitrogen and oxygen atoms in total. The number of hydrogen-bond acceptors (Lipinski definition) is 2. The monoisotopic (exact) mass is 239 g/mol. The second kappa shape index (κ2) is 5.98. The maximum absolute atomic E-state index is 13.3. The average molecular weight is 239 g/mol. The van der Waals surface area contributed by atoms with Crippen molar-refractivity contribution in [2.75, 3.05) is 5.32 Å². The Balaban J connectivity index is 2.87. The molecule has 5 heteroatoms. The molecule has 0 saturated carbocycles. The summed E-state index contributed by atoms with van der Waals surface area (Å²) in [4.78, 5) is 22.3. The van der Waals surface area contributed by atoms with Crippen LogP contribution < -0.4 is 5.32 Å². The molecule has 0 aliphatic carbocycles. The predicted molar refractivity (Wildman–Crippen MR) is 61.5 cm³/mol. The van der Waals surface area contributed by atoms with Gasteiger partial charge in [-0.3, -0.25) is 4.79 Å². The highest BCUT2D eigenvalue weighted by molar-refractivity contribution is 6.00. The molecule has 1 aromatic carbocycles. The number of carboxylic acids is 1. The SMILES string of the molecule is CCCCC(=O)Nc1cccc(F)c1C(=O)O. The fourth-order valence-electron chi connectivity index (χ4n) is 1.40. The number of hydrogen-bond donors (Lipinski definition) is 2. The van der Waals surface area contributed by atoms with Crippen molar-refractivity contribution >= 4 is 17.6 Å². The molecule has 0 radical (unpaired) electrons. The number of carbonyl (C=O) groups excluding carboxylic acids is 1. The molecule has 2 N–H and O–H groups in total. The maximum atomic E-state index is 13.3. The van der Waals surface area contributed by atoms with Gasteiger partial charge in [0.15, 0.2) is 0 Å². The molecule has 0 bridgehead atoms. The van der Waals surface area contributed by atoms with Gasteiger partial charge in [0.2, 0.25) is 5.91 Å². The van der Waals surface area contributed by atoms with Crippen molar-refractivity contribution in [1.82, 2.24) is 0 Å². The Labute approximate surface area is 98.5 Å². The van der Waals surface area contributed by atoms with Gasteiger partial charge in [-0.15, -0.1) is 0 Å². The minimum Gasteiger partial charge on any atom is -0.478 e. The van der Waals surface area contributed by atoms with Crippen molar-refractivity contribution in [3.05, 3.63) is 29.6 Å². The third-order valence-corrected chi connectivity index (χ3v) is 2.26. The predicted octanol–water partition coefficient (Wildman–Crippen LogP) is 2.65. The summed E-state index contributed by atoms with van der Waals surface area (Å²) in [5, 5.41) is 11.3. The Hall–Kier alpha value is -1.91. The first-order valence-electron chi connectivity index (χ1n) is 5.38. The lowest BCUT2D eigenvalue weighted by Gasteiger charge is -2.08. The quantitative estimate of drug-likeness (QED) is 0.830. The van der Waals surface area contributed by atoms with Gasteiger partial charge < -0.3 is 10.4 Å². The van der Waals surface area contributed by atoms with Crippen LogP contribution in [0.25, 0.3) is 0 Å². The minimum atomic E-state index is -1.39. The van der Waals surface area contributed by atoms with Crippen LogP contribution in [0, 0.1) is 5.82 Å². The smallest absolute Gasteiger partial charge is 0.340 e. The number of carboxylic acid groups (broad SMARTS) is 1.